The maximum atomic E-state index is 5.78. The summed E-state index contributed by atoms with van der Waals surface area (Å²) in [7, 11) is 3.45. The van der Waals surface area contributed by atoms with E-state index in [1.807, 2.05) is 24.3 Å². The highest BCUT2D eigenvalue weighted by molar-refractivity contribution is 5.79. The summed E-state index contributed by atoms with van der Waals surface area (Å²) in [5.41, 5.74) is 1.39. The number of ether oxygens (including phenoxy) is 3. The lowest BCUT2D eigenvalue weighted by Gasteiger charge is -2.40. The molecular formula is C21H35N3O3. The number of methoxy groups -OCH3 is 2. The molecule has 1 aromatic rings. The third-order valence-corrected chi connectivity index (χ3v) is 5.16. The van der Waals surface area contributed by atoms with Gasteiger partial charge in [-0.1, -0.05) is 24.6 Å². The smallest absolute Gasteiger partial charge is 0.191 e. The minimum Gasteiger partial charge on any atom is -0.496 e. The molecule has 6 heteroatoms. The van der Waals surface area contributed by atoms with Gasteiger partial charge in [0.05, 0.1) is 20.3 Å². The zero-order chi connectivity index (χ0) is 19.4. The zero-order valence-corrected chi connectivity index (χ0v) is 17.1. The predicted octanol–water partition coefficient (Wildman–Crippen LogP) is 2.97. The van der Waals surface area contributed by atoms with Crippen molar-refractivity contribution in [3.63, 3.8) is 0 Å². The highest BCUT2D eigenvalue weighted by Crippen LogP contribution is 2.44. The minimum absolute atomic E-state index is 0.332. The van der Waals surface area contributed by atoms with Crippen molar-refractivity contribution in [1.82, 2.24) is 10.6 Å². The van der Waals surface area contributed by atoms with Gasteiger partial charge in [0.1, 0.15) is 5.75 Å². The van der Waals surface area contributed by atoms with E-state index in [0.717, 1.165) is 43.4 Å². The average molecular weight is 378 g/mol. The first kappa shape index (κ1) is 21.5. The molecule has 0 heterocycles. The molecule has 0 bridgehead atoms. The van der Waals surface area contributed by atoms with Gasteiger partial charge < -0.3 is 24.8 Å². The van der Waals surface area contributed by atoms with Crippen LogP contribution in [0.5, 0.6) is 5.75 Å². The van der Waals surface area contributed by atoms with Crippen molar-refractivity contribution in [2.45, 2.75) is 39.2 Å². The van der Waals surface area contributed by atoms with E-state index in [9.17, 15) is 0 Å². The van der Waals surface area contributed by atoms with Crippen molar-refractivity contribution in [1.29, 1.82) is 0 Å². The van der Waals surface area contributed by atoms with Gasteiger partial charge in [0.2, 0.25) is 0 Å². The number of guanidine groups is 1. The quantitative estimate of drug-likeness (QED) is 0.333. The van der Waals surface area contributed by atoms with E-state index in [0.29, 0.717) is 25.2 Å². The van der Waals surface area contributed by atoms with E-state index in [2.05, 4.69) is 17.6 Å². The summed E-state index contributed by atoms with van der Waals surface area (Å²) < 4.78 is 16.4. The van der Waals surface area contributed by atoms with Crippen molar-refractivity contribution < 1.29 is 14.2 Å². The van der Waals surface area contributed by atoms with E-state index in [1.54, 1.807) is 14.2 Å². The normalized spacial score (nSPS) is 15.9. The van der Waals surface area contributed by atoms with Crippen molar-refractivity contribution in [3.8, 4) is 5.75 Å². The summed E-state index contributed by atoms with van der Waals surface area (Å²) in [5, 5.41) is 6.68. The second kappa shape index (κ2) is 11.8. The topological polar surface area (TPSA) is 64.1 Å². The number of hydrogen-bond donors (Lipinski definition) is 2. The molecule has 1 aromatic carbocycles. The van der Waals surface area contributed by atoms with Crippen LogP contribution in [-0.4, -0.2) is 53.0 Å². The van der Waals surface area contributed by atoms with Gasteiger partial charge >= 0.3 is 0 Å². The van der Waals surface area contributed by atoms with Gasteiger partial charge in [0.15, 0.2) is 5.96 Å². The Morgan fingerprint density at radius 2 is 1.96 bits per heavy atom. The summed E-state index contributed by atoms with van der Waals surface area (Å²) in [6.45, 7) is 6.46. The van der Waals surface area contributed by atoms with Gasteiger partial charge in [-0.25, -0.2) is 0 Å². The Morgan fingerprint density at radius 1 is 1.15 bits per heavy atom. The highest BCUT2D eigenvalue weighted by atomic mass is 16.5. The van der Waals surface area contributed by atoms with Gasteiger partial charge in [-0.05, 0) is 37.7 Å². The number of para-hydroxylation sites is 1. The molecule has 0 aliphatic heterocycles. The van der Waals surface area contributed by atoms with Crippen LogP contribution in [-0.2, 0) is 16.1 Å². The number of hydrogen-bond acceptors (Lipinski definition) is 4. The summed E-state index contributed by atoms with van der Waals surface area (Å²) in [6.07, 6.45) is 4.90. The van der Waals surface area contributed by atoms with Crippen molar-refractivity contribution in [2.24, 2.45) is 10.4 Å². The molecule has 1 saturated carbocycles. The average Bonchev–Trinajstić information content (AvgIpc) is 2.66. The molecular weight excluding hydrogens is 342 g/mol. The molecule has 0 aromatic heterocycles. The van der Waals surface area contributed by atoms with E-state index in [1.165, 1.54) is 19.3 Å². The Balaban J connectivity index is 1.73. The lowest BCUT2D eigenvalue weighted by molar-refractivity contribution is 0.0778. The lowest BCUT2D eigenvalue weighted by Crippen LogP contribution is -2.41. The van der Waals surface area contributed by atoms with Gasteiger partial charge in [-0.2, -0.15) is 0 Å². The Kier molecular flexibility index (Phi) is 9.42. The lowest BCUT2D eigenvalue weighted by atomic mass is 9.67. The van der Waals surface area contributed by atoms with Gasteiger partial charge in [0, 0.05) is 38.9 Å². The standard InChI is InChI=1S/C21H35N3O3/c1-4-22-20(24-17-21(10-7-11-21)12-14-25-2)23-13-15-27-16-18-8-5-6-9-19(18)26-3/h5-6,8-9H,4,7,10-17H2,1-3H3,(H2,22,23,24). The van der Waals surface area contributed by atoms with E-state index in [-0.39, 0.29) is 0 Å². The van der Waals surface area contributed by atoms with Crippen LogP contribution in [0.1, 0.15) is 38.2 Å². The maximum absolute atomic E-state index is 5.78. The number of aliphatic imine (C=N–C) groups is 1. The second-order valence-electron chi connectivity index (χ2n) is 7.08. The predicted molar refractivity (Wildman–Crippen MR) is 109 cm³/mol. The fourth-order valence-electron chi connectivity index (χ4n) is 3.32. The molecule has 2 rings (SSSR count). The molecule has 0 unspecified atom stereocenters. The van der Waals surface area contributed by atoms with Crippen molar-refractivity contribution in [2.75, 3.05) is 47.1 Å². The Bertz CT molecular complexity index is 574. The van der Waals surface area contributed by atoms with Gasteiger partial charge in [0.25, 0.3) is 0 Å². The van der Waals surface area contributed by atoms with E-state index in [4.69, 9.17) is 19.2 Å². The van der Waals surface area contributed by atoms with Crippen LogP contribution < -0.4 is 15.4 Å². The zero-order valence-electron chi connectivity index (χ0n) is 17.1. The highest BCUT2D eigenvalue weighted by Gasteiger charge is 2.36. The Morgan fingerprint density at radius 3 is 2.63 bits per heavy atom. The molecule has 152 valence electrons. The summed E-state index contributed by atoms with van der Waals surface area (Å²) in [4.78, 5) is 4.81. The Hall–Kier alpha value is -1.79. The molecule has 1 aliphatic rings. The molecule has 1 aliphatic carbocycles. The minimum atomic E-state index is 0.332. The first-order valence-electron chi connectivity index (χ1n) is 9.94. The molecule has 0 radical (unpaired) electrons. The van der Waals surface area contributed by atoms with Crippen LogP contribution in [0.15, 0.2) is 29.3 Å². The fraction of sp³-hybridized carbons (Fsp3) is 0.667. The van der Waals surface area contributed by atoms with Crippen LogP contribution in [0, 0.1) is 5.41 Å². The summed E-state index contributed by atoms with van der Waals surface area (Å²) >= 11 is 0. The molecule has 1 fully saturated rings. The maximum Gasteiger partial charge on any atom is 0.191 e. The first-order chi connectivity index (χ1) is 13.2. The number of nitrogens with zero attached hydrogens (tertiary/aromatic N) is 1. The van der Waals surface area contributed by atoms with Crippen molar-refractivity contribution in [3.05, 3.63) is 29.8 Å². The Labute approximate surface area is 163 Å². The number of nitrogens with one attached hydrogen (secondary N) is 2. The molecule has 0 saturated heterocycles. The van der Waals surface area contributed by atoms with E-state index >= 15 is 0 Å². The molecule has 0 amide bonds. The molecule has 0 spiro atoms. The fourth-order valence-corrected chi connectivity index (χ4v) is 3.32. The van der Waals surface area contributed by atoms with Crippen LogP contribution in [0.4, 0.5) is 0 Å². The van der Waals surface area contributed by atoms with Gasteiger partial charge in [-0.3, -0.25) is 4.99 Å². The SMILES string of the molecule is CCNC(=NCC1(CCOC)CCC1)NCCOCc1ccccc1OC. The van der Waals surface area contributed by atoms with Crippen LogP contribution in [0.2, 0.25) is 0 Å². The number of benzene rings is 1. The van der Waals surface area contributed by atoms with E-state index < -0.39 is 0 Å². The van der Waals surface area contributed by atoms with Crippen LogP contribution in [0.3, 0.4) is 0 Å². The van der Waals surface area contributed by atoms with Gasteiger partial charge in [-0.15, -0.1) is 0 Å². The summed E-state index contributed by atoms with van der Waals surface area (Å²) in [6, 6.07) is 7.93. The summed E-state index contributed by atoms with van der Waals surface area (Å²) in [5.74, 6) is 1.73. The third kappa shape index (κ3) is 7.03. The largest absolute Gasteiger partial charge is 0.496 e. The molecule has 2 N–H and O–H groups in total. The van der Waals surface area contributed by atoms with Crippen LogP contribution in [0.25, 0.3) is 0 Å². The van der Waals surface area contributed by atoms with Crippen molar-refractivity contribution >= 4 is 5.96 Å². The first-order valence-corrected chi connectivity index (χ1v) is 9.94. The molecule has 6 nitrogen and oxygen atoms in total. The molecule has 27 heavy (non-hydrogen) atoms. The monoisotopic (exact) mass is 377 g/mol. The molecule has 0 atom stereocenters. The third-order valence-electron chi connectivity index (χ3n) is 5.16. The number of rotatable bonds is 12. The second-order valence-corrected chi connectivity index (χ2v) is 7.08. The van der Waals surface area contributed by atoms with Crippen LogP contribution >= 0.6 is 0 Å².